The molecule has 2 heterocycles. The molecule has 0 aliphatic carbocycles. The molecule has 0 bridgehead atoms. The van der Waals surface area contributed by atoms with E-state index >= 15 is 0 Å². The molecule has 0 radical (unpaired) electrons. The van der Waals surface area contributed by atoms with E-state index in [1.807, 2.05) is 48.5 Å². The lowest BCUT2D eigenvalue weighted by molar-refractivity contribution is 0.672. The first kappa shape index (κ1) is 30.6. The number of rotatable bonds is 6. The first-order chi connectivity index (χ1) is 26.2. The van der Waals surface area contributed by atoms with Crippen LogP contribution in [-0.2, 0) is 0 Å². The summed E-state index contributed by atoms with van der Waals surface area (Å²) >= 11 is 0. The molecule has 0 fully saturated rings. The standard InChI is InChI=1S/C49H31N3O/c1-5-15-32(16-6-1)37-27-38(33-17-7-2-8-18-33)29-39(28-37)49-51-47(35-21-11-4-12-22-35)50-48(52-49)36-25-26-45-43(30-36)44-31-42(34-19-9-3-10-20-34)40-23-13-14-24-41(40)46(44)53-45/h1-31H. The van der Waals surface area contributed by atoms with Gasteiger partial charge in [-0.1, -0.05) is 146 Å². The highest BCUT2D eigenvalue weighted by Gasteiger charge is 2.18. The van der Waals surface area contributed by atoms with Crippen molar-refractivity contribution in [2.45, 2.75) is 0 Å². The number of hydrogen-bond acceptors (Lipinski definition) is 4. The predicted molar refractivity (Wildman–Crippen MR) is 217 cm³/mol. The molecule has 10 aromatic rings. The van der Waals surface area contributed by atoms with Crippen molar-refractivity contribution < 1.29 is 4.42 Å². The molecule has 0 amide bonds. The lowest BCUT2D eigenvalue weighted by atomic mass is 9.95. The molecule has 8 aromatic carbocycles. The third-order valence-corrected chi connectivity index (χ3v) is 9.89. The number of hydrogen-bond donors (Lipinski definition) is 0. The lowest BCUT2D eigenvalue weighted by Gasteiger charge is -2.12. The van der Waals surface area contributed by atoms with Gasteiger partial charge < -0.3 is 4.42 Å². The van der Waals surface area contributed by atoms with Crippen LogP contribution in [0, 0.1) is 0 Å². The second kappa shape index (κ2) is 12.9. The molecule has 53 heavy (non-hydrogen) atoms. The van der Waals surface area contributed by atoms with E-state index in [-0.39, 0.29) is 0 Å². The highest BCUT2D eigenvalue weighted by molar-refractivity contribution is 6.19. The van der Waals surface area contributed by atoms with E-state index in [9.17, 15) is 0 Å². The Balaban J connectivity index is 1.19. The number of fused-ring (bicyclic) bond motifs is 5. The minimum atomic E-state index is 0.598. The average Bonchev–Trinajstić information content (AvgIpc) is 3.62. The molecule has 0 N–H and O–H groups in total. The fourth-order valence-electron chi connectivity index (χ4n) is 7.30. The monoisotopic (exact) mass is 677 g/mol. The van der Waals surface area contributed by atoms with Crippen molar-refractivity contribution >= 4 is 32.7 Å². The summed E-state index contributed by atoms with van der Waals surface area (Å²) in [5, 5.41) is 4.32. The van der Waals surface area contributed by atoms with Gasteiger partial charge in [-0.2, -0.15) is 0 Å². The van der Waals surface area contributed by atoms with Crippen molar-refractivity contribution in [1.29, 1.82) is 0 Å². The van der Waals surface area contributed by atoms with Gasteiger partial charge in [0.2, 0.25) is 0 Å². The van der Waals surface area contributed by atoms with E-state index in [1.54, 1.807) is 0 Å². The molecule has 4 nitrogen and oxygen atoms in total. The molecule has 0 aliphatic heterocycles. The molecule has 0 unspecified atom stereocenters. The molecular formula is C49H31N3O. The second-order valence-corrected chi connectivity index (χ2v) is 13.2. The molecule has 0 saturated heterocycles. The fourth-order valence-corrected chi connectivity index (χ4v) is 7.30. The summed E-state index contributed by atoms with van der Waals surface area (Å²) < 4.78 is 6.59. The van der Waals surface area contributed by atoms with Crippen LogP contribution in [0.3, 0.4) is 0 Å². The van der Waals surface area contributed by atoms with Gasteiger partial charge in [-0.3, -0.25) is 0 Å². The third-order valence-electron chi connectivity index (χ3n) is 9.89. The van der Waals surface area contributed by atoms with Crippen LogP contribution >= 0.6 is 0 Å². The van der Waals surface area contributed by atoms with Crippen LogP contribution in [0.5, 0.6) is 0 Å². The Kier molecular flexibility index (Phi) is 7.43. The van der Waals surface area contributed by atoms with Crippen LogP contribution in [0.1, 0.15) is 0 Å². The normalized spacial score (nSPS) is 11.4. The van der Waals surface area contributed by atoms with Gasteiger partial charge >= 0.3 is 0 Å². The van der Waals surface area contributed by atoms with Crippen LogP contribution in [0.25, 0.3) is 100 Å². The fraction of sp³-hybridized carbons (Fsp3) is 0. The molecule has 10 rings (SSSR count). The van der Waals surface area contributed by atoms with Gasteiger partial charge in [-0.25, -0.2) is 15.0 Å². The van der Waals surface area contributed by atoms with Gasteiger partial charge in [-0.15, -0.1) is 0 Å². The van der Waals surface area contributed by atoms with Gasteiger partial charge in [0.1, 0.15) is 11.2 Å². The van der Waals surface area contributed by atoms with Crippen LogP contribution in [0.15, 0.2) is 192 Å². The van der Waals surface area contributed by atoms with Crippen molar-refractivity contribution in [2.75, 3.05) is 0 Å². The van der Waals surface area contributed by atoms with Gasteiger partial charge in [0.05, 0.1) is 0 Å². The Morgan fingerprint density at radius 3 is 1.36 bits per heavy atom. The minimum absolute atomic E-state index is 0.598. The maximum atomic E-state index is 6.59. The predicted octanol–water partition coefficient (Wildman–Crippen LogP) is 12.9. The van der Waals surface area contributed by atoms with E-state index in [2.05, 4.69) is 140 Å². The van der Waals surface area contributed by atoms with E-state index in [0.29, 0.717) is 17.5 Å². The SMILES string of the molecule is c1ccc(-c2cc(-c3ccccc3)cc(-c3nc(-c4ccccc4)nc(-c4ccc5oc6c7ccccc7c(-c7ccccc7)cc6c5c4)n3)c2)cc1. The topological polar surface area (TPSA) is 51.8 Å². The quantitative estimate of drug-likeness (QED) is 0.176. The van der Waals surface area contributed by atoms with Gasteiger partial charge in [0, 0.05) is 32.8 Å². The van der Waals surface area contributed by atoms with Gasteiger partial charge in [0.25, 0.3) is 0 Å². The highest BCUT2D eigenvalue weighted by Crippen LogP contribution is 2.41. The molecule has 2 aromatic heterocycles. The smallest absolute Gasteiger partial charge is 0.164 e. The second-order valence-electron chi connectivity index (χ2n) is 13.2. The van der Waals surface area contributed by atoms with Crippen LogP contribution in [0.2, 0.25) is 0 Å². The Morgan fingerprint density at radius 2 is 0.755 bits per heavy atom. The van der Waals surface area contributed by atoms with E-state index in [1.165, 1.54) is 11.1 Å². The van der Waals surface area contributed by atoms with Crippen LogP contribution < -0.4 is 0 Å². The van der Waals surface area contributed by atoms with E-state index in [0.717, 1.165) is 71.7 Å². The Hall–Kier alpha value is -7.17. The summed E-state index contributed by atoms with van der Waals surface area (Å²) in [6.45, 7) is 0. The maximum absolute atomic E-state index is 6.59. The lowest BCUT2D eigenvalue weighted by Crippen LogP contribution is -2.00. The van der Waals surface area contributed by atoms with Crippen LogP contribution in [0.4, 0.5) is 0 Å². The Labute approximate surface area is 306 Å². The highest BCUT2D eigenvalue weighted by atomic mass is 16.3. The molecule has 248 valence electrons. The van der Waals surface area contributed by atoms with Crippen molar-refractivity contribution in [3.05, 3.63) is 188 Å². The summed E-state index contributed by atoms with van der Waals surface area (Å²) in [4.78, 5) is 15.4. The zero-order chi connectivity index (χ0) is 35.1. The molecule has 4 heteroatoms. The molecule has 0 atom stereocenters. The summed E-state index contributed by atoms with van der Waals surface area (Å²) in [6.07, 6.45) is 0. The molecule has 0 aliphatic rings. The number of aromatic nitrogens is 3. The minimum Gasteiger partial charge on any atom is -0.455 e. The summed E-state index contributed by atoms with van der Waals surface area (Å²) in [5.41, 5.74) is 11.2. The number of nitrogens with zero attached hydrogens (tertiary/aromatic N) is 3. The molecular weight excluding hydrogens is 647 g/mol. The molecule has 0 spiro atoms. The molecule has 0 saturated carbocycles. The number of benzene rings is 8. The average molecular weight is 678 g/mol. The zero-order valence-electron chi connectivity index (χ0n) is 28.6. The Bertz CT molecular complexity index is 2860. The summed E-state index contributed by atoms with van der Waals surface area (Å²) in [5.74, 6) is 1.82. The van der Waals surface area contributed by atoms with E-state index < -0.39 is 0 Å². The van der Waals surface area contributed by atoms with Crippen molar-refractivity contribution in [3.8, 4) is 67.5 Å². The summed E-state index contributed by atoms with van der Waals surface area (Å²) in [7, 11) is 0. The number of furan rings is 1. The van der Waals surface area contributed by atoms with Gasteiger partial charge in [-0.05, 0) is 81.2 Å². The van der Waals surface area contributed by atoms with Crippen LogP contribution in [-0.4, -0.2) is 15.0 Å². The van der Waals surface area contributed by atoms with E-state index in [4.69, 9.17) is 19.4 Å². The third kappa shape index (κ3) is 5.63. The first-order valence-electron chi connectivity index (χ1n) is 17.8. The summed E-state index contributed by atoms with van der Waals surface area (Å²) in [6, 6.07) is 65.2. The maximum Gasteiger partial charge on any atom is 0.164 e. The zero-order valence-corrected chi connectivity index (χ0v) is 28.6. The van der Waals surface area contributed by atoms with Crippen molar-refractivity contribution in [3.63, 3.8) is 0 Å². The van der Waals surface area contributed by atoms with Gasteiger partial charge in [0.15, 0.2) is 17.5 Å². The van der Waals surface area contributed by atoms with Crippen molar-refractivity contribution in [2.24, 2.45) is 0 Å². The Morgan fingerprint density at radius 1 is 0.283 bits per heavy atom. The van der Waals surface area contributed by atoms with Crippen molar-refractivity contribution in [1.82, 2.24) is 15.0 Å². The largest absolute Gasteiger partial charge is 0.455 e. The first-order valence-corrected chi connectivity index (χ1v) is 17.8.